The number of carbonyl (C=O) groups excluding carboxylic acids is 2. The summed E-state index contributed by atoms with van der Waals surface area (Å²) in [7, 11) is 0. The van der Waals surface area contributed by atoms with Crippen LogP contribution >= 0.6 is 0 Å². The molecule has 0 unspecified atom stereocenters. The van der Waals surface area contributed by atoms with Crippen molar-refractivity contribution in [2.24, 2.45) is 0 Å². The maximum atomic E-state index is 13.5. The smallest absolute Gasteiger partial charge is 0.278 e. The van der Waals surface area contributed by atoms with Gasteiger partial charge in [0.05, 0.1) is 11.7 Å². The van der Waals surface area contributed by atoms with E-state index in [1.807, 2.05) is 92.7 Å². The molecule has 1 aliphatic rings. The van der Waals surface area contributed by atoms with E-state index in [2.05, 4.69) is 19.2 Å². The van der Waals surface area contributed by atoms with Crippen molar-refractivity contribution in [1.29, 1.82) is 0 Å². The van der Waals surface area contributed by atoms with Crippen LogP contribution in [0.5, 0.6) is 5.75 Å². The van der Waals surface area contributed by atoms with E-state index < -0.39 is 0 Å². The van der Waals surface area contributed by atoms with Gasteiger partial charge in [0.2, 0.25) is 0 Å². The molecule has 5 nitrogen and oxygen atoms in total. The summed E-state index contributed by atoms with van der Waals surface area (Å²) < 4.78 is 5.75. The average molecular weight is 469 g/mol. The van der Waals surface area contributed by atoms with Crippen LogP contribution in [0.4, 0.5) is 5.69 Å². The molecule has 180 valence electrons. The van der Waals surface area contributed by atoms with Crippen molar-refractivity contribution in [2.45, 2.75) is 46.1 Å². The monoisotopic (exact) mass is 468 g/mol. The highest BCUT2D eigenvalue weighted by molar-refractivity contribution is 6.36. The maximum Gasteiger partial charge on any atom is 0.278 e. The van der Waals surface area contributed by atoms with Crippen LogP contribution in [0.15, 0.2) is 84.6 Å². The summed E-state index contributed by atoms with van der Waals surface area (Å²) in [5, 5.41) is 3.25. The third-order valence-electron chi connectivity index (χ3n) is 6.00. The number of ether oxygens (including phenoxy) is 1. The number of rotatable bonds is 9. The summed E-state index contributed by atoms with van der Waals surface area (Å²) in [5.41, 5.74) is 4.43. The number of amides is 2. The summed E-state index contributed by atoms with van der Waals surface area (Å²) >= 11 is 0. The fourth-order valence-electron chi connectivity index (χ4n) is 4.12. The molecule has 0 bridgehead atoms. The average Bonchev–Trinajstić information content (AvgIpc) is 3.07. The Morgan fingerprint density at radius 1 is 0.800 bits per heavy atom. The van der Waals surface area contributed by atoms with Crippen LogP contribution < -0.4 is 10.1 Å². The highest BCUT2D eigenvalue weighted by Gasteiger charge is 2.39. The van der Waals surface area contributed by atoms with E-state index in [1.54, 1.807) is 0 Å². The molecule has 0 atom stereocenters. The summed E-state index contributed by atoms with van der Waals surface area (Å²) in [6, 6.07) is 25.2. The van der Waals surface area contributed by atoms with E-state index in [0.717, 1.165) is 17.0 Å². The second-order valence-electron chi connectivity index (χ2n) is 9.34. The lowest BCUT2D eigenvalue weighted by Crippen LogP contribution is -2.34. The van der Waals surface area contributed by atoms with E-state index >= 15 is 0 Å². The van der Waals surface area contributed by atoms with Crippen LogP contribution in [0.1, 0.15) is 50.3 Å². The quantitative estimate of drug-likeness (QED) is 0.390. The third-order valence-corrected chi connectivity index (χ3v) is 6.00. The molecule has 1 heterocycles. The zero-order chi connectivity index (χ0) is 24.9. The lowest BCUT2D eigenvalue weighted by molar-refractivity contribution is -0.136. The predicted octanol–water partition coefficient (Wildman–Crippen LogP) is 6.03. The van der Waals surface area contributed by atoms with Gasteiger partial charge >= 0.3 is 0 Å². The fourth-order valence-corrected chi connectivity index (χ4v) is 4.12. The number of carbonyl (C=O) groups is 2. The molecule has 0 radical (unpaired) electrons. The summed E-state index contributed by atoms with van der Waals surface area (Å²) in [6.45, 7) is 8.52. The third kappa shape index (κ3) is 5.62. The molecule has 0 aliphatic carbocycles. The molecule has 0 saturated carbocycles. The molecule has 1 aliphatic heterocycles. The van der Waals surface area contributed by atoms with E-state index in [-0.39, 0.29) is 17.9 Å². The summed E-state index contributed by atoms with van der Waals surface area (Å²) in [4.78, 5) is 28.3. The first-order valence-electron chi connectivity index (χ1n) is 12.1. The lowest BCUT2D eigenvalue weighted by atomic mass is 10.0. The number of nitrogens with one attached hydrogen (secondary N) is 1. The van der Waals surface area contributed by atoms with Gasteiger partial charge in [0.1, 0.15) is 11.4 Å². The number of imide groups is 1. The second kappa shape index (κ2) is 10.6. The number of hydrogen-bond donors (Lipinski definition) is 1. The second-order valence-corrected chi connectivity index (χ2v) is 9.34. The minimum Gasteiger partial charge on any atom is -0.491 e. The Balaban J connectivity index is 1.65. The van der Waals surface area contributed by atoms with Crippen molar-refractivity contribution < 1.29 is 14.3 Å². The van der Waals surface area contributed by atoms with Crippen molar-refractivity contribution in [3.05, 3.63) is 101 Å². The number of anilines is 1. The molecule has 3 aromatic rings. The van der Waals surface area contributed by atoms with E-state index in [4.69, 9.17) is 4.74 Å². The van der Waals surface area contributed by atoms with Gasteiger partial charge in [0.15, 0.2) is 0 Å². The Hall–Kier alpha value is -3.86. The molecule has 1 N–H and O–H groups in total. The molecular formula is C30H32N2O3. The van der Waals surface area contributed by atoms with Crippen molar-refractivity contribution in [2.75, 3.05) is 11.9 Å². The largest absolute Gasteiger partial charge is 0.491 e. The number of nitrogens with zero attached hydrogens (tertiary/aromatic N) is 1. The van der Waals surface area contributed by atoms with E-state index in [1.165, 1.54) is 10.5 Å². The van der Waals surface area contributed by atoms with Gasteiger partial charge in [-0.2, -0.15) is 0 Å². The molecule has 0 aromatic heterocycles. The molecule has 0 spiro atoms. The predicted molar refractivity (Wildman–Crippen MR) is 140 cm³/mol. The van der Waals surface area contributed by atoms with Gasteiger partial charge in [-0.3, -0.25) is 14.5 Å². The van der Waals surface area contributed by atoms with E-state index in [9.17, 15) is 9.59 Å². The zero-order valence-electron chi connectivity index (χ0n) is 20.7. The minimum absolute atomic E-state index is 0.0503. The molecule has 2 amide bonds. The minimum atomic E-state index is -0.309. The number of benzene rings is 3. The SMILES string of the molecule is CC(C)Oc1ccc(C2=C(Nc3ccc(C(C)C)cc3)C(=O)N(CCc3ccccc3)C2=O)cc1. The molecular weight excluding hydrogens is 436 g/mol. The first-order chi connectivity index (χ1) is 16.8. The van der Waals surface area contributed by atoms with Crippen molar-refractivity contribution in [3.8, 4) is 5.75 Å². The highest BCUT2D eigenvalue weighted by atomic mass is 16.5. The van der Waals surface area contributed by atoms with Crippen molar-refractivity contribution in [1.82, 2.24) is 4.90 Å². The summed E-state index contributed by atoms with van der Waals surface area (Å²) in [6.07, 6.45) is 0.651. The van der Waals surface area contributed by atoms with Crippen LogP contribution in [0, 0.1) is 0 Å². The number of hydrogen-bond acceptors (Lipinski definition) is 4. The Bertz CT molecular complexity index is 1210. The van der Waals surface area contributed by atoms with Gasteiger partial charge in [-0.15, -0.1) is 0 Å². The zero-order valence-corrected chi connectivity index (χ0v) is 20.7. The Morgan fingerprint density at radius 3 is 2.06 bits per heavy atom. The van der Waals surface area contributed by atoms with Crippen LogP contribution in [0.3, 0.4) is 0 Å². The maximum absolute atomic E-state index is 13.5. The first kappa shape index (κ1) is 24.3. The van der Waals surface area contributed by atoms with Crippen LogP contribution in [0.2, 0.25) is 0 Å². The summed E-state index contributed by atoms with van der Waals surface area (Å²) in [5.74, 6) is 0.538. The molecule has 0 fully saturated rings. The van der Waals surface area contributed by atoms with Gasteiger partial charge in [-0.1, -0.05) is 68.4 Å². The van der Waals surface area contributed by atoms with Gasteiger partial charge in [-0.25, -0.2) is 0 Å². The van der Waals surface area contributed by atoms with Crippen LogP contribution in [-0.4, -0.2) is 29.4 Å². The normalized spacial score (nSPS) is 13.8. The standard InChI is InChI=1S/C30H32N2O3/c1-20(2)23-10-14-25(15-11-23)31-28-27(24-12-16-26(17-13-24)35-21(3)4)29(33)32(30(28)34)19-18-22-8-6-5-7-9-22/h5-17,20-21,31H,18-19H2,1-4H3. The molecule has 0 saturated heterocycles. The topological polar surface area (TPSA) is 58.6 Å². The Labute approximate surface area is 207 Å². The van der Waals surface area contributed by atoms with Gasteiger partial charge < -0.3 is 10.1 Å². The molecule has 35 heavy (non-hydrogen) atoms. The van der Waals surface area contributed by atoms with Crippen molar-refractivity contribution >= 4 is 23.1 Å². The highest BCUT2D eigenvalue weighted by Crippen LogP contribution is 2.32. The molecule has 4 rings (SSSR count). The van der Waals surface area contributed by atoms with E-state index in [0.29, 0.717) is 35.7 Å². The molecule has 5 heteroatoms. The van der Waals surface area contributed by atoms with Gasteiger partial charge in [0.25, 0.3) is 11.8 Å². The molecule has 3 aromatic carbocycles. The van der Waals surface area contributed by atoms with Crippen LogP contribution in [-0.2, 0) is 16.0 Å². The fraction of sp³-hybridized carbons (Fsp3) is 0.267. The van der Waals surface area contributed by atoms with Crippen molar-refractivity contribution in [3.63, 3.8) is 0 Å². The van der Waals surface area contributed by atoms with Gasteiger partial charge in [0, 0.05) is 12.2 Å². The lowest BCUT2D eigenvalue weighted by Gasteiger charge is -2.15. The van der Waals surface area contributed by atoms with Gasteiger partial charge in [-0.05, 0) is 67.1 Å². The first-order valence-corrected chi connectivity index (χ1v) is 12.1. The Morgan fingerprint density at radius 2 is 1.46 bits per heavy atom. The Kier molecular flexibility index (Phi) is 7.35. The van der Waals surface area contributed by atoms with Crippen LogP contribution in [0.25, 0.3) is 5.57 Å².